The molecule has 0 unspecified atom stereocenters. The van der Waals surface area contributed by atoms with Gasteiger partial charge in [-0.3, -0.25) is 4.79 Å². The Kier molecular flexibility index (Phi) is 4.95. The second kappa shape index (κ2) is 7.15. The lowest BCUT2D eigenvalue weighted by Crippen LogP contribution is -2.40. The van der Waals surface area contributed by atoms with E-state index < -0.39 is 0 Å². The van der Waals surface area contributed by atoms with Crippen molar-refractivity contribution in [2.24, 2.45) is 11.7 Å². The number of ether oxygens (including phenoxy) is 1. The Balaban J connectivity index is 1.64. The maximum Gasteiger partial charge on any atom is 0.314 e. The third-order valence-electron chi connectivity index (χ3n) is 5.20. The van der Waals surface area contributed by atoms with E-state index >= 15 is 0 Å². The van der Waals surface area contributed by atoms with Crippen LogP contribution in [0.2, 0.25) is 0 Å². The smallest absolute Gasteiger partial charge is 0.314 e. The standard InChI is InChI=1S/C20H23NO4/c21-13-20(15-1-3-16(22)4-2-15)11-9-14(10-12-20)19(24)25-18-7-5-17(23)6-8-18/h1-8,14,22-23H,9-13,21H2. The summed E-state index contributed by atoms with van der Waals surface area (Å²) in [6.07, 6.45) is 3.05. The van der Waals surface area contributed by atoms with Gasteiger partial charge in [0.05, 0.1) is 5.92 Å². The molecule has 0 saturated heterocycles. The molecule has 0 radical (unpaired) electrons. The quantitative estimate of drug-likeness (QED) is 0.587. The van der Waals surface area contributed by atoms with E-state index in [1.54, 1.807) is 24.3 Å². The van der Waals surface area contributed by atoms with Crippen LogP contribution < -0.4 is 10.5 Å². The Bertz CT molecular complexity index is 716. The van der Waals surface area contributed by atoms with E-state index in [1.807, 2.05) is 12.1 Å². The Labute approximate surface area is 147 Å². The molecule has 5 heteroatoms. The van der Waals surface area contributed by atoms with Gasteiger partial charge in [0, 0.05) is 12.0 Å². The molecule has 5 nitrogen and oxygen atoms in total. The largest absolute Gasteiger partial charge is 0.508 e. The van der Waals surface area contributed by atoms with Crippen LogP contribution in [-0.4, -0.2) is 22.7 Å². The third-order valence-corrected chi connectivity index (χ3v) is 5.20. The fourth-order valence-corrected chi connectivity index (χ4v) is 3.55. The van der Waals surface area contributed by atoms with E-state index in [4.69, 9.17) is 10.5 Å². The van der Waals surface area contributed by atoms with Gasteiger partial charge in [-0.15, -0.1) is 0 Å². The number of carbonyl (C=O) groups excluding carboxylic acids is 1. The van der Waals surface area contributed by atoms with Crippen LogP contribution >= 0.6 is 0 Å². The lowest BCUT2D eigenvalue weighted by molar-refractivity contribution is -0.140. The Hall–Kier alpha value is -2.53. The van der Waals surface area contributed by atoms with Crippen molar-refractivity contribution in [3.05, 3.63) is 54.1 Å². The van der Waals surface area contributed by atoms with Crippen LogP contribution in [0.1, 0.15) is 31.2 Å². The highest BCUT2D eigenvalue weighted by Gasteiger charge is 2.38. The molecular formula is C20H23NO4. The molecule has 0 amide bonds. The Morgan fingerprint density at radius 2 is 1.52 bits per heavy atom. The van der Waals surface area contributed by atoms with Crippen molar-refractivity contribution >= 4 is 5.97 Å². The highest BCUT2D eigenvalue weighted by atomic mass is 16.5. The number of benzene rings is 2. The van der Waals surface area contributed by atoms with Crippen LogP contribution in [0, 0.1) is 5.92 Å². The van der Waals surface area contributed by atoms with Crippen LogP contribution in [-0.2, 0) is 10.2 Å². The molecule has 1 saturated carbocycles. The van der Waals surface area contributed by atoms with Gasteiger partial charge in [-0.2, -0.15) is 0 Å². The zero-order valence-electron chi connectivity index (χ0n) is 14.0. The van der Waals surface area contributed by atoms with Crippen molar-refractivity contribution in [3.63, 3.8) is 0 Å². The maximum absolute atomic E-state index is 12.4. The number of hydrogen-bond acceptors (Lipinski definition) is 5. The Morgan fingerprint density at radius 1 is 1.00 bits per heavy atom. The third kappa shape index (κ3) is 3.77. The highest BCUT2D eigenvalue weighted by Crippen LogP contribution is 2.41. The average Bonchev–Trinajstić information content (AvgIpc) is 2.64. The van der Waals surface area contributed by atoms with Crippen molar-refractivity contribution in [1.29, 1.82) is 0 Å². The van der Waals surface area contributed by atoms with Crippen LogP contribution in [0.15, 0.2) is 48.5 Å². The molecule has 1 fully saturated rings. The lowest BCUT2D eigenvalue weighted by Gasteiger charge is -2.39. The van der Waals surface area contributed by atoms with E-state index in [0.717, 1.165) is 31.2 Å². The van der Waals surface area contributed by atoms with Gasteiger partial charge in [-0.25, -0.2) is 0 Å². The van der Waals surface area contributed by atoms with E-state index in [2.05, 4.69) is 0 Å². The summed E-state index contributed by atoms with van der Waals surface area (Å²) >= 11 is 0. The van der Waals surface area contributed by atoms with Gasteiger partial charge in [0.2, 0.25) is 0 Å². The molecule has 0 aromatic heterocycles. The van der Waals surface area contributed by atoms with Crippen molar-refractivity contribution in [3.8, 4) is 17.2 Å². The normalized spacial score (nSPS) is 23.2. The minimum atomic E-state index is -0.234. The van der Waals surface area contributed by atoms with Crippen LogP contribution in [0.25, 0.3) is 0 Å². The van der Waals surface area contributed by atoms with Crippen molar-refractivity contribution in [1.82, 2.24) is 0 Å². The van der Waals surface area contributed by atoms with Gasteiger partial charge in [-0.05, 0) is 67.6 Å². The molecule has 0 atom stereocenters. The molecule has 25 heavy (non-hydrogen) atoms. The predicted molar refractivity (Wildman–Crippen MR) is 94.5 cm³/mol. The summed E-state index contributed by atoms with van der Waals surface area (Å²) in [6, 6.07) is 13.3. The zero-order valence-corrected chi connectivity index (χ0v) is 14.0. The highest BCUT2D eigenvalue weighted by molar-refractivity contribution is 5.75. The molecule has 2 aromatic carbocycles. The Morgan fingerprint density at radius 3 is 2.04 bits per heavy atom. The number of aromatic hydroxyl groups is 2. The number of esters is 1. The number of carbonyl (C=O) groups is 1. The minimum absolute atomic E-state index is 0.138. The first-order valence-corrected chi connectivity index (χ1v) is 8.53. The summed E-state index contributed by atoms with van der Waals surface area (Å²) in [5.74, 6) is 0.436. The summed E-state index contributed by atoms with van der Waals surface area (Å²) in [7, 11) is 0. The molecule has 0 bridgehead atoms. The minimum Gasteiger partial charge on any atom is -0.508 e. The van der Waals surface area contributed by atoms with Crippen LogP contribution in [0.3, 0.4) is 0 Å². The van der Waals surface area contributed by atoms with E-state index in [1.165, 1.54) is 12.1 Å². The van der Waals surface area contributed by atoms with Gasteiger partial charge in [0.1, 0.15) is 17.2 Å². The molecule has 1 aliphatic carbocycles. The SMILES string of the molecule is NCC1(c2ccc(O)cc2)CCC(C(=O)Oc2ccc(O)cc2)CC1. The topological polar surface area (TPSA) is 92.8 Å². The first kappa shape index (κ1) is 17.3. The molecule has 132 valence electrons. The molecule has 1 aliphatic rings. The fourth-order valence-electron chi connectivity index (χ4n) is 3.55. The van der Waals surface area contributed by atoms with Crippen molar-refractivity contribution in [2.75, 3.05) is 6.54 Å². The van der Waals surface area contributed by atoms with Gasteiger partial charge in [-0.1, -0.05) is 12.1 Å². The summed E-state index contributed by atoms with van der Waals surface area (Å²) < 4.78 is 5.42. The summed E-state index contributed by atoms with van der Waals surface area (Å²) in [4.78, 5) is 12.4. The van der Waals surface area contributed by atoms with Gasteiger partial charge in [0.15, 0.2) is 0 Å². The molecule has 0 aliphatic heterocycles. The van der Waals surface area contributed by atoms with Crippen molar-refractivity contribution in [2.45, 2.75) is 31.1 Å². The van der Waals surface area contributed by atoms with Crippen molar-refractivity contribution < 1.29 is 19.7 Å². The number of phenolic OH excluding ortho intramolecular Hbond substituents is 2. The zero-order chi connectivity index (χ0) is 17.9. The summed E-state index contributed by atoms with van der Waals surface area (Å²) in [5.41, 5.74) is 7.02. The first-order valence-electron chi connectivity index (χ1n) is 8.53. The van der Waals surface area contributed by atoms with Gasteiger partial charge >= 0.3 is 5.97 Å². The molecule has 4 N–H and O–H groups in total. The molecular weight excluding hydrogens is 318 g/mol. The number of nitrogens with two attached hydrogens (primary N) is 1. The predicted octanol–water partition coefficient (Wildman–Crippen LogP) is 3.09. The summed E-state index contributed by atoms with van der Waals surface area (Å²) in [6.45, 7) is 0.511. The van der Waals surface area contributed by atoms with E-state index in [0.29, 0.717) is 12.3 Å². The van der Waals surface area contributed by atoms with Gasteiger partial charge < -0.3 is 20.7 Å². The van der Waals surface area contributed by atoms with E-state index in [-0.39, 0.29) is 28.8 Å². The second-order valence-electron chi connectivity index (χ2n) is 6.72. The fraction of sp³-hybridized carbons (Fsp3) is 0.350. The lowest BCUT2D eigenvalue weighted by atomic mass is 9.66. The molecule has 0 spiro atoms. The van der Waals surface area contributed by atoms with Crippen LogP contribution in [0.5, 0.6) is 17.2 Å². The first-order chi connectivity index (χ1) is 12.0. The number of rotatable bonds is 4. The van der Waals surface area contributed by atoms with Gasteiger partial charge in [0.25, 0.3) is 0 Å². The summed E-state index contributed by atoms with van der Waals surface area (Å²) in [5, 5.41) is 18.8. The molecule has 2 aromatic rings. The monoisotopic (exact) mass is 341 g/mol. The maximum atomic E-state index is 12.4. The average molecular weight is 341 g/mol. The number of phenols is 2. The van der Waals surface area contributed by atoms with Crippen LogP contribution in [0.4, 0.5) is 0 Å². The van der Waals surface area contributed by atoms with E-state index in [9.17, 15) is 15.0 Å². The molecule has 0 heterocycles. The second-order valence-corrected chi connectivity index (χ2v) is 6.72. The number of hydrogen-bond donors (Lipinski definition) is 3. The molecule has 3 rings (SSSR count).